The molecule has 18 heavy (non-hydrogen) atoms. The molecule has 0 radical (unpaired) electrons. The second-order valence-corrected chi connectivity index (χ2v) is 5.95. The van der Waals surface area contributed by atoms with Gasteiger partial charge in [-0.3, -0.25) is 4.79 Å². The van der Waals surface area contributed by atoms with Gasteiger partial charge >= 0.3 is 5.97 Å². The van der Waals surface area contributed by atoms with Gasteiger partial charge in [0, 0.05) is 17.4 Å². The van der Waals surface area contributed by atoms with Crippen molar-refractivity contribution in [1.29, 1.82) is 0 Å². The summed E-state index contributed by atoms with van der Waals surface area (Å²) in [6.07, 6.45) is 4.18. The Hall–Kier alpha value is -0.300. The first-order valence-electron chi connectivity index (χ1n) is 6.48. The number of carbonyl (C=O) groups is 1. The van der Waals surface area contributed by atoms with Crippen LogP contribution in [0.15, 0.2) is 0 Å². The van der Waals surface area contributed by atoms with E-state index in [1.54, 1.807) is 0 Å². The SMILES string of the molecule is CCCCCC1OC(O)CC1SC[C@H](N)C(=O)O. The first kappa shape index (κ1) is 15.8. The van der Waals surface area contributed by atoms with E-state index in [9.17, 15) is 9.90 Å². The maximum absolute atomic E-state index is 10.6. The van der Waals surface area contributed by atoms with E-state index in [0.29, 0.717) is 12.2 Å². The van der Waals surface area contributed by atoms with Gasteiger partial charge in [-0.15, -0.1) is 0 Å². The largest absolute Gasteiger partial charge is 0.480 e. The van der Waals surface area contributed by atoms with Gasteiger partial charge in [0.25, 0.3) is 0 Å². The third kappa shape index (κ3) is 5.14. The molecule has 5 nitrogen and oxygen atoms in total. The Morgan fingerprint density at radius 2 is 2.28 bits per heavy atom. The summed E-state index contributed by atoms with van der Waals surface area (Å²) in [5.41, 5.74) is 5.47. The van der Waals surface area contributed by atoms with Crippen molar-refractivity contribution in [3.05, 3.63) is 0 Å². The second kappa shape index (κ2) is 7.99. The smallest absolute Gasteiger partial charge is 0.321 e. The van der Waals surface area contributed by atoms with Crippen LogP contribution in [0, 0.1) is 0 Å². The Balaban J connectivity index is 2.34. The van der Waals surface area contributed by atoms with Crippen molar-refractivity contribution in [3.63, 3.8) is 0 Å². The molecule has 1 heterocycles. The topological polar surface area (TPSA) is 92.8 Å². The number of aliphatic carboxylic acids is 1. The number of ether oxygens (including phenoxy) is 1. The average Bonchev–Trinajstić information content (AvgIpc) is 2.67. The van der Waals surface area contributed by atoms with Crippen LogP contribution in [0.4, 0.5) is 0 Å². The molecular weight excluding hydrogens is 254 g/mol. The number of unbranched alkanes of at least 4 members (excludes halogenated alkanes) is 2. The van der Waals surface area contributed by atoms with Crippen molar-refractivity contribution >= 4 is 17.7 Å². The average molecular weight is 277 g/mol. The molecule has 1 rings (SSSR count). The molecular formula is C12H23NO4S. The molecule has 0 spiro atoms. The summed E-state index contributed by atoms with van der Waals surface area (Å²) in [4.78, 5) is 10.6. The number of rotatable bonds is 8. The van der Waals surface area contributed by atoms with Crippen LogP contribution in [-0.4, -0.2) is 45.6 Å². The van der Waals surface area contributed by atoms with E-state index >= 15 is 0 Å². The molecule has 4 N–H and O–H groups in total. The van der Waals surface area contributed by atoms with E-state index in [4.69, 9.17) is 15.6 Å². The minimum absolute atomic E-state index is 0.0255. The summed E-state index contributed by atoms with van der Waals surface area (Å²) in [6.45, 7) is 2.14. The van der Waals surface area contributed by atoms with E-state index in [1.165, 1.54) is 11.8 Å². The summed E-state index contributed by atoms with van der Waals surface area (Å²) in [5.74, 6) is -0.620. The molecule has 4 atom stereocenters. The Labute approximate surface area is 112 Å². The quantitative estimate of drug-likeness (QED) is 0.577. The molecule has 3 unspecified atom stereocenters. The number of aliphatic hydroxyl groups excluding tert-OH is 1. The highest BCUT2D eigenvalue weighted by Gasteiger charge is 2.34. The van der Waals surface area contributed by atoms with E-state index < -0.39 is 18.3 Å². The second-order valence-electron chi connectivity index (χ2n) is 4.68. The van der Waals surface area contributed by atoms with Crippen molar-refractivity contribution < 1.29 is 19.7 Å². The summed E-state index contributed by atoms with van der Waals surface area (Å²) in [6, 6.07) is -0.843. The number of thioether (sulfide) groups is 1. The highest BCUT2D eigenvalue weighted by Crippen LogP contribution is 2.32. The van der Waals surface area contributed by atoms with Crippen molar-refractivity contribution in [3.8, 4) is 0 Å². The van der Waals surface area contributed by atoms with Crippen LogP contribution in [0.3, 0.4) is 0 Å². The van der Waals surface area contributed by atoms with Crippen LogP contribution in [0.1, 0.15) is 39.0 Å². The normalized spacial score (nSPS) is 29.4. The molecule has 0 aliphatic carbocycles. The molecule has 6 heteroatoms. The Kier molecular flexibility index (Phi) is 6.99. The summed E-state index contributed by atoms with van der Waals surface area (Å²) < 4.78 is 5.46. The van der Waals surface area contributed by atoms with Crippen LogP contribution >= 0.6 is 11.8 Å². The standard InChI is InChI=1S/C12H23NO4S/c1-2-3-4-5-9-10(6-11(14)17-9)18-7-8(13)12(15)16/h8-11,14H,2-7,13H2,1H3,(H,15,16)/t8-,9?,10?,11?/m0/s1. The Morgan fingerprint density at radius 3 is 2.89 bits per heavy atom. The minimum Gasteiger partial charge on any atom is -0.480 e. The number of carboxylic acids is 1. The molecule has 106 valence electrons. The zero-order valence-electron chi connectivity index (χ0n) is 10.7. The fraction of sp³-hybridized carbons (Fsp3) is 0.917. The molecule has 1 aliphatic heterocycles. The molecule has 0 bridgehead atoms. The first-order valence-corrected chi connectivity index (χ1v) is 7.53. The molecule has 1 fully saturated rings. The molecule has 0 aromatic rings. The van der Waals surface area contributed by atoms with Gasteiger partial charge in [0.1, 0.15) is 6.04 Å². The van der Waals surface area contributed by atoms with Gasteiger partial charge in [0.2, 0.25) is 0 Å². The van der Waals surface area contributed by atoms with Crippen molar-refractivity contribution in [2.45, 2.75) is 62.7 Å². The van der Waals surface area contributed by atoms with Gasteiger partial charge in [0.05, 0.1) is 6.10 Å². The fourth-order valence-electron chi connectivity index (χ4n) is 2.02. The van der Waals surface area contributed by atoms with Gasteiger partial charge in [-0.05, 0) is 6.42 Å². The lowest BCUT2D eigenvalue weighted by Gasteiger charge is -2.18. The molecule has 0 aromatic heterocycles. The van der Waals surface area contributed by atoms with Crippen LogP contribution < -0.4 is 5.73 Å². The number of nitrogens with two attached hydrogens (primary N) is 1. The lowest BCUT2D eigenvalue weighted by Crippen LogP contribution is -2.34. The fourth-order valence-corrected chi connectivity index (χ4v) is 3.33. The van der Waals surface area contributed by atoms with Gasteiger partial charge in [-0.25, -0.2) is 0 Å². The van der Waals surface area contributed by atoms with Crippen LogP contribution in [0.25, 0.3) is 0 Å². The Bertz CT molecular complexity index is 264. The van der Waals surface area contributed by atoms with Crippen molar-refractivity contribution in [1.82, 2.24) is 0 Å². The highest BCUT2D eigenvalue weighted by molar-refractivity contribution is 8.00. The number of hydrogen-bond donors (Lipinski definition) is 3. The molecule has 0 aromatic carbocycles. The minimum atomic E-state index is -0.982. The van der Waals surface area contributed by atoms with Gasteiger partial charge < -0.3 is 20.7 Å². The van der Waals surface area contributed by atoms with Gasteiger partial charge in [-0.2, -0.15) is 11.8 Å². The van der Waals surface area contributed by atoms with Crippen LogP contribution in [0.2, 0.25) is 0 Å². The number of aliphatic hydroxyl groups is 1. The zero-order chi connectivity index (χ0) is 13.5. The summed E-state index contributed by atoms with van der Waals surface area (Å²) in [7, 11) is 0. The predicted molar refractivity (Wildman–Crippen MR) is 71.5 cm³/mol. The summed E-state index contributed by atoms with van der Waals surface area (Å²) in [5, 5.41) is 18.4. The molecule has 0 saturated carbocycles. The van der Waals surface area contributed by atoms with E-state index in [0.717, 1.165) is 25.7 Å². The van der Waals surface area contributed by atoms with Crippen LogP contribution in [-0.2, 0) is 9.53 Å². The predicted octanol–water partition coefficient (Wildman–Crippen LogP) is 1.19. The van der Waals surface area contributed by atoms with Crippen LogP contribution in [0.5, 0.6) is 0 Å². The summed E-state index contributed by atoms with van der Waals surface area (Å²) >= 11 is 1.50. The molecule has 1 aliphatic rings. The maximum atomic E-state index is 10.6. The lowest BCUT2D eigenvalue weighted by molar-refractivity contribution is -0.137. The van der Waals surface area contributed by atoms with Crippen molar-refractivity contribution in [2.24, 2.45) is 5.73 Å². The van der Waals surface area contributed by atoms with E-state index in [-0.39, 0.29) is 11.4 Å². The molecule has 1 saturated heterocycles. The number of hydrogen-bond acceptors (Lipinski definition) is 5. The lowest BCUT2D eigenvalue weighted by atomic mass is 10.1. The Morgan fingerprint density at radius 1 is 1.56 bits per heavy atom. The van der Waals surface area contributed by atoms with E-state index in [1.807, 2.05) is 0 Å². The monoisotopic (exact) mass is 277 g/mol. The number of carboxylic acid groups (broad SMARTS) is 1. The van der Waals surface area contributed by atoms with E-state index in [2.05, 4.69) is 6.92 Å². The van der Waals surface area contributed by atoms with Gasteiger partial charge in [-0.1, -0.05) is 26.2 Å². The first-order chi connectivity index (χ1) is 8.54. The third-order valence-corrected chi connectivity index (χ3v) is 4.56. The molecule has 0 amide bonds. The maximum Gasteiger partial charge on any atom is 0.321 e. The highest BCUT2D eigenvalue weighted by atomic mass is 32.2. The third-order valence-electron chi connectivity index (χ3n) is 3.08. The van der Waals surface area contributed by atoms with Gasteiger partial charge in [0.15, 0.2) is 6.29 Å². The van der Waals surface area contributed by atoms with Crippen molar-refractivity contribution in [2.75, 3.05) is 5.75 Å². The zero-order valence-corrected chi connectivity index (χ0v) is 11.6.